The number of benzene rings is 2. The largest absolute Gasteiger partial charge is 0.457 e. The average Bonchev–Trinajstić information content (AvgIpc) is 2.67. The normalized spacial score (nSPS) is 11.0. The lowest BCUT2D eigenvalue weighted by molar-refractivity contribution is -0.384. The molecule has 3 aromatic rings. The summed E-state index contributed by atoms with van der Waals surface area (Å²) in [5, 5.41) is 20.6. The molecule has 1 aromatic heterocycles. The average molecular weight is 415 g/mol. The van der Waals surface area contributed by atoms with Gasteiger partial charge in [-0.3, -0.25) is 14.9 Å². The fraction of sp³-hybridized carbons (Fsp3) is 0.100. The molecule has 0 bridgehead atoms. The quantitative estimate of drug-likeness (QED) is 0.479. The minimum atomic E-state index is -4.51. The fourth-order valence-corrected chi connectivity index (χ4v) is 2.78. The molecule has 1 N–H and O–H groups in total. The number of nitriles is 1. The van der Waals surface area contributed by atoms with E-state index in [9.17, 15) is 33.3 Å². The number of aromatic amines is 1. The van der Waals surface area contributed by atoms with Crippen molar-refractivity contribution in [3.05, 3.63) is 85.8 Å². The summed E-state index contributed by atoms with van der Waals surface area (Å²) < 4.78 is 43.9. The molecule has 0 aliphatic heterocycles. The van der Waals surface area contributed by atoms with Gasteiger partial charge in [0.25, 0.3) is 11.2 Å². The number of nitro benzene ring substituents is 1. The Morgan fingerprint density at radius 1 is 1.10 bits per heavy atom. The molecule has 0 fully saturated rings. The predicted octanol–water partition coefficient (Wildman–Crippen LogP) is 4.94. The maximum absolute atomic E-state index is 12.7. The van der Waals surface area contributed by atoms with Gasteiger partial charge >= 0.3 is 6.18 Å². The van der Waals surface area contributed by atoms with E-state index in [0.717, 1.165) is 36.4 Å². The zero-order chi connectivity index (χ0) is 22.1. The molecule has 2 aromatic carbocycles. The SMILES string of the molecule is Cc1cc(-c2cc([N+](=O)[O-])ccc2Oc2ccc(C(F)(F)F)cc2)c(C#N)c(=O)[nH]1. The van der Waals surface area contributed by atoms with Crippen molar-refractivity contribution in [2.75, 3.05) is 0 Å². The Kier molecular flexibility index (Phi) is 5.29. The Bertz CT molecular complexity index is 1230. The Labute approximate surface area is 167 Å². The number of nitro groups is 1. The monoisotopic (exact) mass is 415 g/mol. The van der Waals surface area contributed by atoms with Gasteiger partial charge in [0.05, 0.1) is 10.5 Å². The number of alkyl halides is 3. The third-order valence-corrected chi connectivity index (χ3v) is 4.15. The summed E-state index contributed by atoms with van der Waals surface area (Å²) in [4.78, 5) is 25.1. The van der Waals surface area contributed by atoms with Gasteiger partial charge in [0.1, 0.15) is 23.1 Å². The summed E-state index contributed by atoms with van der Waals surface area (Å²) in [5.74, 6) is 0.0695. The Morgan fingerprint density at radius 3 is 2.33 bits per heavy atom. The maximum atomic E-state index is 12.7. The number of non-ortho nitro benzene ring substituents is 1. The summed E-state index contributed by atoms with van der Waals surface area (Å²) >= 11 is 0. The number of rotatable bonds is 4. The molecule has 0 unspecified atom stereocenters. The molecule has 0 saturated carbocycles. The minimum Gasteiger partial charge on any atom is -0.457 e. The molecule has 0 radical (unpaired) electrons. The van der Waals surface area contributed by atoms with E-state index in [0.29, 0.717) is 5.69 Å². The molecule has 0 aliphatic rings. The molecule has 30 heavy (non-hydrogen) atoms. The van der Waals surface area contributed by atoms with Crippen molar-refractivity contribution >= 4 is 5.69 Å². The van der Waals surface area contributed by atoms with E-state index in [-0.39, 0.29) is 33.9 Å². The summed E-state index contributed by atoms with van der Waals surface area (Å²) in [6, 6.07) is 10.6. The van der Waals surface area contributed by atoms with Gasteiger partial charge < -0.3 is 9.72 Å². The molecule has 0 spiro atoms. The third kappa shape index (κ3) is 4.15. The molecular formula is C20H12F3N3O4. The number of hydrogen-bond acceptors (Lipinski definition) is 5. The van der Waals surface area contributed by atoms with Gasteiger partial charge in [-0.25, -0.2) is 0 Å². The predicted molar refractivity (Wildman–Crippen MR) is 100 cm³/mol. The van der Waals surface area contributed by atoms with Gasteiger partial charge in [0, 0.05) is 29.0 Å². The number of aryl methyl sites for hydroxylation is 1. The first-order chi connectivity index (χ1) is 14.1. The highest BCUT2D eigenvalue weighted by Crippen LogP contribution is 2.38. The van der Waals surface area contributed by atoms with Gasteiger partial charge in [-0.1, -0.05) is 0 Å². The van der Waals surface area contributed by atoms with Crippen LogP contribution in [0.4, 0.5) is 18.9 Å². The van der Waals surface area contributed by atoms with Crippen LogP contribution >= 0.6 is 0 Å². The Morgan fingerprint density at radius 2 is 1.77 bits per heavy atom. The van der Waals surface area contributed by atoms with E-state index < -0.39 is 22.2 Å². The van der Waals surface area contributed by atoms with Crippen LogP contribution in [0.15, 0.2) is 53.3 Å². The first-order valence-corrected chi connectivity index (χ1v) is 8.38. The highest BCUT2D eigenvalue weighted by molar-refractivity contribution is 5.77. The van der Waals surface area contributed by atoms with E-state index in [1.54, 1.807) is 13.0 Å². The van der Waals surface area contributed by atoms with Crippen molar-refractivity contribution in [1.82, 2.24) is 4.98 Å². The molecule has 3 rings (SSSR count). The lowest BCUT2D eigenvalue weighted by Gasteiger charge is -2.13. The van der Waals surface area contributed by atoms with Crippen LogP contribution in [-0.4, -0.2) is 9.91 Å². The van der Waals surface area contributed by atoms with Crippen molar-refractivity contribution in [3.8, 4) is 28.7 Å². The molecule has 1 heterocycles. The van der Waals surface area contributed by atoms with Gasteiger partial charge in [0.2, 0.25) is 0 Å². The number of pyridine rings is 1. The van der Waals surface area contributed by atoms with E-state index in [4.69, 9.17) is 4.74 Å². The second kappa shape index (κ2) is 7.71. The van der Waals surface area contributed by atoms with Crippen molar-refractivity contribution in [2.24, 2.45) is 0 Å². The summed E-state index contributed by atoms with van der Waals surface area (Å²) in [6.07, 6.45) is -4.51. The van der Waals surface area contributed by atoms with Gasteiger partial charge in [-0.15, -0.1) is 0 Å². The number of nitrogens with zero attached hydrogens (tertiary/aromatic N) is 2. The number of ether oxygens (including phenoxy) is 1. The Balaban J connectivity index is 2.15. The van der Waals surface area contributed by atoms with Crippen molar-refractivity contribution in [1.29, 1.82) is 5.26 Å². The maximum Gasteiger partial charge on any atom is 0.416 e. The second-order valence-corrected chi connectivity index (χ2v) is 6.24. The molecule has 0 amide bonds. The number of halogens is 3. The zero-order valence-electron chi connectivity index (χ0n) is 15.3. The molecule has 0 aliphatic carbocycles. The van der Waals surface area contributed by atoms with Crippen molar-refractivity contribution in [2.45, 2.75) is 13.1 Å². The number of hydrogen-bond donors (Lipinski definition) is 1. The van der Waals surface area contributed by atoms with Crippen LogP contribution in [0.5, 0.6) is 11.5 Å². The summed E-state index contributed by atoms with van der Waals surface area (Å²) in [5.41, 5.74) is -1.56. The molecule has 0 atom stereocenters. The van der Waals surface area contributed by atoms with Gasteiger partial charge in [-0.2, -0.15) is 18.4 Å². The van der Waals surface area contributed by atoms with Crippen LogP contribution in [-0.2, 0) is 6.18 Å². The smallest absolute Gasteiger partial charge is 0.416 e. The molecule has 7 nitrogen and oxygen atoms in total. The van der Waals surface area contributed by atoms with Crippen molar-refractivity contribution in [3.63, 3.8) is 0 Å². The standard InChI is InChI=1S/C20H12F3N3O4/c1-11-8-15(17(10-24)19(27)25-11)16-9-13(26(28)29)4-7-18(16)30-14-5-2-12(3-6-14)20(21,22)23/h2-9H,1H3,(H,25,27). The number of aromatic nitrogens is 1. The van der Waals surface area contributed by atoms with Crippen LogP contribution in [0.1, 0.15) is 16.8 Å². The van der Waals surface area contributed by atoms with Crippen LogP contribution in [0.3, 0.4) is 0 Å². The minimum absolute atomic E-state index is 0.0295. The van der Waals surface area contributed by atoms with Crippen LogP contribution in [0.2, 0.25) is 0 Å². The van der Waals surface area contributed by atoms with Crippen LogP contribution in [0, 0.1) is 28.4 Å². The van der Waals surface area contributed by atoms with Gasteiger partial charge in [-0.05, 0) is 43.3 Å². The topological polar surface area (TPSA) is 109 Å². The Hall–Kier alpha value is -4.13. The van der Waals surface area contributed by atoms with Crippen molar-refractivity contribution < 1.29 is 22.8 Å². The molecule has 152 valence electrons. The number of nitrogens with one attached hydrogen (secondary N) is 1. The summed E-state index contributed by atoms with van der Waals surface area (Å²) in [7, 11) is 0. The van der Waals surface area contributed by atoms with E-state index in [1.807, 2.05) is 0 Å². The first-order valence-electron chi connectivity index (χ1n) is 8.38. The molecule has 0 saturated heterocycles. The molecular weight excluding hydrogens is 403 g/mol. The highest BCUT2D eigenvalue weighted by Gasteiger charge is 2.30. The van der Waals surface area contributed by atoms with Gasteiger partial charge in [0.15, 0.2) is 0 Å². The first kappa shape index (κ1) is 20.6. The van der Waals surface area contributed by atoms with E-state index in [1.165, 1.54) is 12.1 Å². The van der Waals surface area contributed by atoms with Crippen LogP contribution in [0.25, 0.3) is 11.1 Å². The van der Waals surface area contributed by atoms with Crippen LogP contribution < -0.4 is 10.3 Å². The van der Waals surface area contributed by atoms with E-state index in [2.05, 4.69) is 4.98 Å². The van der Waals surface area contributed by atoms with E-state index >= 15 is 0 Å². The summed E-state index contributed by atoms with van der Waals surface area (Å²) in [6.45, 7) is 1.57. The lowest BCUT2D eigenvalue weighted by atomic mass is 9.99. The third-order valence-electron chi connectivity index (χ3n) is 4.15. The highest BCUT2D eigenvalue weighted by atomic mass is 19.4. The lowest BCUT2D eigenvalue weighted by Crippen LogP contribution is -2.13. The number of H-pyrrole nitrogens is 1. The fourth-order valence-electron chi connectivity index (χ4n) is 2.78. The zero-order valence-corrected chi connectivity index (χ0v) is 15.3. The molecule has 10 heteroatoms. The second-order valence-electron chi connectivity index (χ2n) is 6.24.